The lowest BCUT2D eigenvalue weighted by atomic mass is 10.1. The van der Waals surface area contributed by atoms with Gasteiger partial charge in [-0.15, -0.1) is 0 Å². The molecule has 0 radical (unpaired) electrons. The van der Waals surface area contributed by atoms with Crippen LogP contribution in [-0.2, 0) is 4.74 Å². The SMILES string of the molecule is COC(=O)c1ccccc1N(C)c1ncnc(Nc2cc(Cl)ccc2Cl)c1[N+](=O)[O-]. The zero-order valence-electron chi connectivity index (χ0n) is 15.8. The van der Waals surface area contributed by atoms with E-state index in [1.807, 2.05) is 0 Å². The first-order valence-corrected chi connectivity index (χ1v) is 9.21. The highest BCUT2D eigenvalue weighted by Crippen LogP contribution is 2.38. The molecule has 1 N–H and O–H groups in total. The third-order valence-electron chi connectivity index (χ3n) is 4.16. The van der Waals surface area contributed by atoms with Crippen molar-refractivity contribution in [2.24, 2.45) is 0 Å². The van der Waals surface area contributed by atoms with Gasteiger partial charge in [-0.25, -0.2) is 14.8 Å². The Morgan fingerprint density at radius 1 is 1.20 bits per heavy atom. The van der Waals surface area contributed by atoms with Crippen LogP contribution in [0.25, 0.3) is 0 Å². The molecule has 3 aromatic rings. The Balaban J connectivity index is 2.11. The summed E-state index contributed by atoms with van der Waals surface area (Å²) in [6, 6.07) is 11.2. The lowest BCUT2D eigenvalue weighted by Crippen LogP contribution is -2.18. The molecule has 0 aliphatic carbocycles. The second-order valence-electron chi connectivity index (χ2n) is 5.97. The molecule has 0 bridgehead atoms. The standard InChI is InChI=1S/C19H15Cl2N5O4/c1-25(15-6-4-3-5-12(15)19(27)30-2)18-16(26(28)29)17(22-10-23-18)24-14-9-11(20)7-8-13(14)21/h3-10H,1-2H3,(H,22,23,24). The third-order valence-corrected chi connectivity index (χ3v) is 4.72. The normalized spacial score (nSPS) is 10.4. The Morgan fingerprint density at radius 3 is 2.63 bits per heavy atom. The molecule has 0 unspecified atom stereocenters. The number of nitrogens with one attached hydrogen (secondary N) is 1. The quantitative estimate of drug-likeness (QED) is 0.319. The number of halogens is 2. The number of methoxy groups -OCH3 is 1. The van der Waals surface area contributed by atoms with Crippen molar-refractivity contribution in [3.63, 3.8) is 0 Å². The minimum absolute atomic E-state index is 0.0352. The molecule has 11 heteroatoms. The molecule has 0 aliphatic rings. The number of rotatable bonds is 6. The molecule has 9 nitrogen and oxygen atoms in total. The van der Waals surface area contributed by atoms with Crippen LogP contribution in [0.3, 0.4) is 0 Å². The lowest BCUT2D eigenvalue weighted by molar-refractivity contribution is -0.383. The molecule has 2 aromatic carbocycles. The predicted octanol–water partition coefficient (Wildman–Crippen LogP) is 4.99. The second kappa shape index (κ2) is 8.93. The highest BCUT2D eigenvalue weighted by molar-refractivity contribution is 6.35. The number of benzene rings is 2. The highest BCUT2D eigenvalue weighted by atomic mass is 35.5. The summed E-state index contributed by atoms with van der Waals surface area (Å²) >= 11 is 12.1. The summed E-state index contributed by atoms with van der Waals surface area (Å²) in [5.74, 6) is -0.707. The van der Waals surface area contributed by atoms with E-state index in [-0.39, 0.29) is 17.2 Å². The van der Waals surface area contributed by atoms with Gasteiger partial charge < -0.3 is 15.0 Å². The van der Waals surface area contributed by atoms with Crippen molar-refractivity contribution in [1.82, 2.24) is 9.97 Å². The number of para-hydroxylation sites is 1. The van der Waals surface area contributed by atoms with E-state index in [0.717, 1.165) is 0 Å². The first-order valence-electron chi connectivity index (χ1n) is 8.46. The zero-order chi connectivity index (χ0) is 21.8. The number of carbonyl (C=O) groups is 1. The molecule has 3 rings (SSSR count). The van der Waals surface area contributed by atoms with Gasteiger partial charge in [-0.3, -0.25) is 10.1 Å². The maximum Gasteiger partial charge on any atom is 0.354 e. The lowest BCUT2D eigenvalue weighted by Gasteiger charge is -2.21. The molecular formula is C19H15Cl2N5O4. The van der Waals surface area contributed by atoms with Gasteiger partial charge in [0.25, 0.3) is 0 Å². The fourth-order valence-electron chi connectivity index (χ4n) is 2.76. The number of nitrogens with zero attached hydrogens (tertiary/aromatic N) is 4. The van der Waals surface area contributed by atoms with Crippen LogP contribution in [0.4, 0.5) is 28.7 Å². The zero-order valence-corrected chi connectivity index (χ0v) is 17.3. The maximum atomic E-state index is 12.1. The van der Waals surface area contributed by atoms with Crippen LogP contribution >= 0.6 is 23.2 Å². The number of aromatic nitrogens is 2. The average molecular weight is 448 g/mol. The molecule has 0 saturated heterocycles. The van der Waals surface area contributed by atoms with Crippen LogP contribution in [0, 0.1) is 10.1 Å². The highest BCUT2D eigenvalue weighted by Gasteiger charge is 2.28. The molecule has 0 spiro atoms. The van der Waals surface area contributed by atoms with Crippen molar-refractivity contribution >= 4 is 57.9 Å². The number of anilines is 4. The Labute approximate surface area is 181 Å². The van der Waals surface area contributed by atoms with Gasteiger partial charge in [0.2, 0.25) is 11.6 Å². The van der Waals surface area contributed by atoms with E-state index >= 15 is 0 Å². The second-order valence-corrected chi connectivity index (χ2v) is 6.81. The summed E-state index contributed by atoms with van der Waals surface area (Å²) in [5, 5.41) is 15.4. The number of hydrogen-bond acceptors (Lipinski definition) is 8. The Kier molecular flexibility index (Phi) is 6.34. The van der Waals surface area contributed by atoms with Crippen LogP contribution in [-0.4, -0.2) is 35.0 Å². The largest absolute Gasteiger partial charge is 0.465 e. The molecule has 1 aromatic heterocycles. The minimum Gasteiger partial charge on any atom is -0.465 e. The molecule has 154 valence electrons. The van der Waals surface area contributed by atoms with Crippen molar-refractivity contribution in [2.75, 3.05) is 24.4 Å². The van der Waals surface area contributed by atoms with Gasteiger partial charge in [-0.2, -0.15) is 0 Å². The number of nitro groups is 1. The summed E-state index contributed by atoms with van der Waals surface area (Å²) in [4.78, 5) is 32.9. The monoisotopic (exact) mass is 447 g/mol. The fraction of sp³-hybridized carbons (Fsp3) is 0.105. The van der Waals surface area contributed by atoms with Crippen LogP contribution in [0.2, 0.25) is 10.0 Å². The third kappa shape index (κ3) is 4.27. The van der Waals surface area contributed by atoms with Gasteiger partial charge in [-0.1, -0.05) is 35.3 Å². The molecule has 1 heterocycles. The maximum absolute atomic E-state index is 12.1. The molecule has 0 saturated carbocycles. The van der Waals surface area contributed by atoms with E-state index in [4.69, 9.17) is 27.9 Å². The minimum atomic E-state index is -0.618. The van der Waals surface area contributed by atoms with Gasteiger partial charge >= 0.3 is 11.7 Å². The van der Waals surface area contributed by atoms with E-state index < -0.39 is 16.6 Å². The molecule has 0 fully saturated rings. The number of esters is 1. The number of hydrogen-bond donors (Lipinski definition) is 1. The summed E-state index contributed by atoms with van der Waals surface area (Å²) in [6.07, 6.45) is 1.17. The van der Waals surface area contributed by atoms with Gasteiger partial charge in [0.1, 0.15) is 6.33 Å². The topological polar surface area (TPSA) is 110 Å². The number of carbonyl (C=O) groups excluding carboxylic acids is 1. The molecule has 0 aliphatic heterocycles. The van der Waals surface area contributed by atoms with E-state index in [1.165, 1.54) is 24.4 Å². The summed E-state index contributed by atoms with van der Waals surface area (Å²) in [7, 11) is 2.80. The Morgan fingerprint density at radius 2 is 1.93 bits per heavy atom. The van der Waals surface area contributed by atoms with Crippen LogP contribution in [0.15, 0.2) is 48.8 Å². The first-order chi connectivity index (χ1) is 14.3. The molecule has 0 amide bonds. The van der Waals surface area contributed by atoms with Gasteiger partial charge in [0.05, 0.1) is 34.0 Å². The van der Waals surface area contributed by atoms with Crippen molar-refractivity contribution in [3.8, 4) is 0 Å². The van der Waals surface area contributed by atoms with Crippen molar-refractivity contribution in [2.45, 2.75) is 0 Å². The van der Waals surface area contributed by atoms with Crippen LogP contribution in [0.1, 0.15) is 10.4 Å². The number of ether oxygens (including phenoxy) is 1. The van der Waals surface area contributed by atoms with E-state index in [2.05, 4.69) is 15.3 Å². The molecule has 0 atom stereocenters. The summed E-state index contributed by atoms with van der Waals surface area (Å²) < 4.78 is 4.80. The van der Waals surface area contributed by atoms with E-state index in [9.17, 15) is 14.9 Å². The van der Waals surface area contributed by atoms with Crippen LogP contribution < -0.4 is 10.2 Å². The summed E-state index contributed by atoms with van der Waals surface area (Å²) in [5.41, 5.74) is 0.533. The van der Waals surface area contributed by atoms with Gasteiger partial charge in [0.15, 0.2) is 0 Å². The molecular weight excluding hydrogens is 433 g/mol. The van der Waals surface area contributed by atoms with Gasteiger partial charge in [-0.05, 0) is 30.3 Å². The molecule has 30 heavy (non-hydrogen) atoms. The predicted molar refractivity (Wildman–Crippen MR) is 114 cm³/mol. The van der Waals surface area contributed by atoms with Crippen LogP contribution in [0.5, 0.6) is 0 Å². The first kappa shape index (κ1) is 21.3. The Bertz CT molecular complexity index is 1130. The van der Waals surface area contributed by atoms with E-state index in [0.29, 0.717) is 21.4 Å². The van der Waals surface area contributed by atoms with Crippen molar-refractivity contribution < 1.29 is 14.5 Å². The van der Waals surface area contributed by atoms with Crippen molar-refractivity contribution in [1.29, 1.82) is 0 Å². The fourth-order valence-corrected chi connectivity index (χ4v) is 3.10. The average Bonchev–Trinajstić information content (AvgIpc) is 2.74. The van der Waals surface area contributed by atoms with Crippen molar-refractivity contribution in [3.05, 3.63) is 74.5 Å². The smallest absolute Gasteiger partial charge is 0.354 e. The Hall–Kier alpha value is -3.43. The summed E-state index contributed by atoms with van der Waals surface area (Å²) in [6.45, 7) is 0. The van der Waals surface area contributed by atoms with Gasteiger partial charge in [0, 0.05) is 12.1 Å². The van der Waals surface area contributed by atoms with E-state index in [1.54, 1.807) is 43.4 Å².